The van der Waals surface area contributed by atoms with E-state index in [-0.39, 0.29) is 5.82 Å². The lowest BCUT2D eigenvalue weighted by Gasteiger charge is -2.08. The molecule has 0 unspecified atom stereocenters. The molecule has 21 heavy (non-hydrogen) atoms. The highest BCUT2D eigenvalue weighted by Crippen LogP contribution is 2.25. The zero-order valence-electron chi connectivity index (χ0n) is 10.8. The van der Waals surface area contributed by atoms with Gasteiger partial charge in [0.1, 0.15) is 5.82 Å². The third-order valence-electron chi connectivity index (χ3n) is 2.64. The molecular formula is C12H10BrN3O4S. The smallest absolute Gasteiger partial charge is 0.263 e. The topological polar surface area (TPSA) is 102 Å². The quantitative estimate of drug-likeness (QED) is 0.657. The standard InChI is InChI=1S/C12H10BrN3O4S/c1-8-6-12(14-7-9(8)13)15-21(19,20)11-5-3-2-4-10(11)16(17)18/h2-7H,1H3,(H,14,15). The van der Waals surface area contributed by atoms with Gasteiger partial charge in [0.15, 0.2) is 4.90 Å². The largest absolute Gasteiger partial charge is 0.289 e. The second-order valence-corrected chi connectivity index (χ2v) is 6.65. The van der Waals surface area contributed by atoms with Crippen molar-refractivity contribution in [3.63, 3.8) is 0 Å². The fraction of sp³-hybridized carbons (Fsp3) is 0.0833. The van der Waals surface area contributed by atoms with Gasteiger partial charge in [0.25, 0.3) is 15.7 Å². The van der Waals surface area contributed by atoms with Gasteiger partial charge in [-0.25, -0.2) is 13.4 Å². The number of nitrogens with zero attached hydrogens (tertiary/aromatic N) is 2. The van der Waals surface area contributed by atoms with Gasteiger partial charge in [-0.1, -0.05) is 12.1 Å². The molecule has 1 aromatic carbocycles. The molecule has 9 heteroatoms. The van der Waals surface area contributed by atoms with Crippen LogP contribution in [0.4, 0.5) is 11.5 Å². The number of benzene rings is 1. The van der Waals surface area contributed by atoms with E-state index < -0.39 is 25.5 Å². The molecule has 1 N–H and O–H groups in total. The molecule has 0 saturated carbocycles. The molecule has 110 valence electrons. The van der Waals surface area contributed by atoms with Crippen LogP contribution in [0.3, 0.4) is 0 Å². The SMILES string of the molecule is Cc1cc(NS(=O)(=O)c2ccccc2[N+](=O)[O-])ncc1Br. The van der Waals surface area contributed by atoms with Crippen LogP contribution in [0.1, 0.15) is 5.56 Å². The number of halogens is 1. The molecule has 0 fully saturated rings. The predicted molar refractivity (Wildman–Crippen MR) is 80.6 cm³/mol. The minimum absolute atomic E-state index is 0.0915. The molecule has 0 atom stereocenters. The maximum absolute atomic E-state index is 12.3. The van der Waals surface area contributed by atoms with E-state index in [0.29, 0.717) is 0 Å². The van der Waals surface area contributed by atoms with Crippen molar-refractivity contribution in [3.8, 4) is 0 Å². The minimum atomic E-state index is -4.09. The summed E-state index contributed by atoms with van der Waals surface area (Å²) in [6.07, 6.45) is 1.45. The average molecular weight is 372 g/mol. The number of aromatic nitrogens is 1. The Morgan fingerprint density at radius 2 is 2.00 bits per heavy atom. The van der Waals surface area contributed by atoms with E-state index in [2.05, 4.69) is 25.6 Å². The first kappa shape index (κ1) is 15.4. The Kier molecular flexibility index (Phi) is 4.24. The van der Waals surface area contributed by atoms with Crippen LogP contribution in [0.25, 0.3) is 0 Å². The Labute approximate surface area is 129 Å². The molecule has 0 aliphatic carbocycles. The molecule has 0 aliphatic heterocycles. The molecule has 0 amide bonds. The summed E-state index contributed by atoms with van der Waals surface area (Å²) in [4.78, 5) is 13.7. The molecular weight excluding hydrogens is 362 g/mol. The second kappa shape index (κ2) is 5.78. The van der Waals surface area contributed by atoms with Gasteiger partial charge in [0.2, 0.25) is 0 Å². The van der Waals surface area contributed by atoms with Crippen molar-refractivity contribution < 1.29 is 13.3 Å². The number of hydrogen-bond donors (Lipinski definition) is 1. The summed E-state index contributed by atoms with van der Waals surface area (Å²) < 4.78 is 27.5. The van der Waals surface area contributed by atoms with Crippen LogP contribution < -0.4 is 4.72 Å². The normalized spacial score (nSPS) is 11.1. The Bertz CT molecular complexity index is 808. The van der Waals surface area contributed by atoms with Gasteiger partial charge in [0.05, 0.1) is 4.92 Å². The highest BCUT2D eigenvalue weighted by Gasteiger charge is 2.25. The third kappa shape index (κ3) is 3.37. The molecule has 0 bridgehead atoms. The highest BCUT2D eigenvalue weighted by atomic mass is 79.9. The van der Waals surface area contributed by atoms with Gasteiger partial charge >= 0.3 is 0 Å². The van der Waals surface area contributed by atoms with E-state index in [9.17, 15) is 18.5 Å². The van der Waals surface area contributed by atoms with E-state index in [1.54, 1.807) is 6.92 Å². The van der Waals surface area contributed by atoms with Crippen molar-refractivity contribution in [2.45, 2.75) is 11.8 Å². The monoisotopic (exact) mass is 371 g/mol. The second-order valence-electron chi connectivity index (χ2n) is 4.15. The predicted octanol–water partition coefficient (Wildman–Crippen LogP) is 2.86. The Morgan fingerprint density at radius 3 is 2.62 bits per heavy atom. The molecule has 0 radical (unpaired) electrons. The lowest BCUT2D eigenvalue weighted by Crippen LogP contribution is -2.15. The zero-order chi connectivity index (χ0) is 15.6. The molecule has 1 aromatic heterocycles. The maximum atomic E-state index is 12.3. The van der Waals surface area contributed by atoms with Gasteiger partial charge in [-0.3, -0.25) is 14.8 Å². The molecule has 2 rings (SSSR count). The van der Waals surface area contributed by atoms with Gasteiger partial charge in [-0.2, -0.15) is 0 Å². The molecule has 2 aromatic rings. The first-order valence-corrected chi connectivity index (χ1v) is 7.97. The number of sulfonamides is 1. The fourth-order valence-electron chi connectivity index (χ4n) is 1.62. The summed E-state index contributed by atoms with van der Waals surface area (Å²) in [7, 11) is -4.09. The molecule has 1 heterocycles. The first-order valence-electron chi connectivity index (χ1n) is 5.69. The maximum Gasteiger partial charge on any atom is 0.289 e. The number of rotatable bonds is 4. The Morgan fingerprint density at radius 1 is 1.33 bits per heavy atom. The van der Waals surface area contributed by atoms with E-state index in [1.807, 2.05) is 0 Å². The Balaban J connectivity index is 2.43. The minimum Gasteiger partial charge on any atom is -0.263 e. The number of anilines is 1. The van der Waals surface area contributed by atoms with E-state index >= 15 is 0 Å². The average Bonchev–Trinajstić information content (AvgIpc) is 2.42. The van der Waals surface area contributed by atoms with Crippen LogP contribution >= 0.6 is 15.9 Å². The van der Waals surface area contributed by atoms with Gasteiger partial charge in [-0.15, -0.1) is 0 Å². The van der Waals surface area contributed by atoms with Crippen LogP contribution in [0, 0.1) is 17.0 Å². The summed E-state index contributed by atoms with van der Waals surface area (Å²) in [6.45, 7) is 1.77. The van der Waals surface area contributed by atoms with Crippen molar-refractivity contribution in [2.24, 2.45) is 0 Å². The van der Waals surface area contributed by atoms with Crippen molar-refractivity contribution in [1.82, 2.24) is 4.98 Å². The van der Waals surface area contributed by atoms with Crippen molar-refractivity contribution >= 4 is 37.5 Å². The van der Waals surface area contributed by atoms with E-state index in [0.717, 1.165) is 16.1 Å². The van der Waals surface area contributed by atoms with E-state index in [4.69, 9.17) is 0 Å². The summed E-state index contributed by atoms with van der Waals surface area (Å²) in [5.41, 5.74) is 0.295. The number of para-hydroxylation sites is 1. The molecule has 7 nitrogen and oxygen atoms in total. The van der Waals surface area contributed by atoms with Crippen LogP contribution in [-0.4, -0.2) is 18.3 Å². The van der Waals surface area contributed by atoms with Gasteiger partial charge in [-0.05, 0) is 40.5 Å². The number of pyridine rings is 1. The molecule has 0 saturated heterocycles. The van der Waals surface area contributed by atoms with Crippen molar-refractivity contribution in [3.05, 3.63) is 56.7 Å². The zero-order valence-corrected chi connectivity index (χ0v) is 13.2. The number of nitro benzene ring substituents is 1. The lowest BCUT2D eigenvalue weighted by atomic mass is 10.3. The summed E-state index contributed by atoms with van der Waals surface area (Å²) in [5, 5.41) is 10.9. The summed E-state index contributed by atoms with van der Waals surface area (Å²) >= 11 is 3.26. The van der Waals surface area contributed by atoms with Crippen LogP contribution in [0.5, 0.6) is 0 Å². The fourth-order valence-corrected chi connectivity index (χ4v) is 3.01. The van der Waals surface area contributed by atoms with E-state index in [1.165, 1.54) is 30.5 Å². The molecule has 0 aliphatic rings. The van der Waals surface area contributed by atoms with Crippen molar-refractivity contribution in [1.29, 1.82) is 0 Å². The summed E-state index contributed by atoms with van der Waals surface area (Å²) in [6, 6.07) is 6.65. The molecule has 0 spiro atoms. The lowest BCUT2D eigenvalue weighted by molar-refractivity contribution is -0.387. The number of aryl methyl sites for hydroxylation is 1. The Hall–Kier alpha value is -2.00. The van der Waals surface area contributed by atoms with Crippen LogP contribution in [0.2, 0.25) is 0 Å². The third-order valence-corrected chi connectivity index (χ3v) is 4.87. The highest BCUT2D eigenvalue weighted by molar-refractivity contribution is 9.10. The van der Waals surface area contributed by atoms with Crippen LogP contribution in [0.15, 0.2) is 45.9 Å². The number of nitrogens with one attached hydrogen (secondary N) is 1. The van der Waals surface area contributed by atoms with Crippen molar-refractivity contribution in [2.75, 3.05) is 4.72 Å². The van der Waals surface area contributed by atoms with Gasteiger partial charge in [0, 0.05) is 16.7 Å². The summed E-state index contributed by atoms with van der Waals surface area (Å²) in [5.74, 6) is 0.0915. The first-order chi connectivity index (χ1) is 9.81. The van der Waals surface area contributed by atoms with Gasteiger partial charge < -0.3 is 0 Å². The number of hydrogen-bond acceptors (Lipinski definition) is 5. The number of nitro groups is 1. The van der Waals surface area contributed by atoms with Crippen LogP contribution in [-0.2, 0) is 10.0 Å².